The molecule has 5 nitrogen and oxygen atoms in total. The Morgan fingerprint density at radius 1 is 1.32 bits per heavy atom. The van der Waals surface area contributed by atoms with Gasteiger partial charge in [-0.25, -0.2) is 8.78 Å². The van der Waals surface area contributed by atoms with Crippen LogP contribution in [0.4, 0.5) is 8.78 Å². The summed E-state index contributed by atoms with van der Waals surface area (Å²) in [6, 6.07) is 2.92. The van der Waals surface area contributed by atoms with Crippen molar-refractivity contribution in [2.24, 2.45) is 0 Å². The summed E-state index contributed by atoms with van der Waals surface area (Å²) >= 11 is 0. The average molecular weight is 268 g/mol. The average Bonchev–Trinajstić information content (AvgIpc) is 2.80. The number of halogens is 2. The fourth-order valence-corrected chi connectivity index (χ4v) is 1.52. The van der Waals surface area contributed by atoms with Gasteiger partial charge < -0.3 is 9.52 Å². The van der Waals surface area contributed by atoms with E-state index in [4.69, 9.17) is 9.52 Å². The third-order valence-corrected chi connectivity index (χ3v) is 2.41. The highest BCUT2D eigenvalue weighted by Gasteiger charge is 2.14. The van der Waals surface area contributed by atoms with Crippen LogP contribution in [0.5, 0.6) is 0 Å². The Kier molecular flexibility index (Phi) is 3.84. The zero-order valence-electron chi connectivity index (χ0n) is 9.77. The highest BCUT2D eigenvalue weighted by atomic mass is 19.1. The smallest absolute Gasteiger partial charge is 0.303 e. The zero-order valence-corrected chi connectivity index (χ0v) is 9.77. The van der Waals surface area contributed by atoms with Gasteiger partial charge in [-0.1, -0.05) is 0 Å². The van der Waals surface area contributed by atoms with E-state index in [9.17, 15) is 13.6 Å². The van der Waals surface area contributed by atoms with Gasteiger partial charge in [0, 0.05) is 12.8 Å². The molecule has 0 atom stereocenters. The van der Waals surface area contributed by atoms with Crippen molar-refractivity contribution in [1.29, 1.82) is 0 Å². The summed E-state index contributed by atoms with van der Waals surface area (Å²) in [6.45, 7) is 0. The minimum absolute atomic E-state index is 0.0218. The Morgan fingerprint density at radius 2 is 2.11 bits per heavy atom. The number of aliphatic carboxylic acids is 1. The minimum Gasteiger partial charge on any atom is -0.481 e. The fourth-order valence-electron chi connectivity index (χ4n) is 1.52. The molecule has 0 aliphatic heterocycles. The molecule has 1 aromatic heterocycles. The van der Waals surface area contributed by atoms with E-state index in [1.807, 2.05) is 0 Å². The van der Waals surface area contributed by atoms with Crippen LogP contribution in [0.1, 0.15) is 18.7 Å². The molecule has 0 saturated heterocycles. The maximum absolute atomic E-state index is 13.5. The van der Waals surface area contributed by atoms with Gasteiger partial charge in [-0.15, -0.1) is 10.2 Å². The summed E-state index contributed by atoms with van der Waals surface area (Å²) in [5, 5.41) is 15.8. The third kappa shape index (κ3) is 3.34. The van der Waals surface area contributed by atoms with Crippen LogP contribution < -0.4 is 0 Å². The second kappa shape index (κ2) is 5.55. The topological polar surface area (TPSA) is 76.2 Å². The van der Waals surface area contributed by atoms with E-state index in [1.54, 1.807) is 0 Å². The Bertz CT molecular complexity index is 598. The van der Waals surface area contributed by atoms with Crippen LogP contribution >= 0.6 is 0 Å². The van der Waals surface area contributed by atoms with Gasteiger partial charge >= 0.3 is 5.97 Å². The first-order chi connectivity index (χ1) is 9.06. The van der Waals surface area contributed by atoms with E-state index < -0.39 is 17.6 Å². The molecule has 0 bridgehead atoms. The fraction of sp³-hybridized carbons (Fsp3) is 0.250. The summed E-state index contributed by atoms with van der Waals surface area (Å²) in [7, 11) is 0. The number of aromatic nitrogens is 2. The van der Waals surface area contributed by atoms with Crippen molar-refractivity contribution in [2.75, 3.05) is 0 Å². The number of hydrogen-bond acceptors (Lipinski definition) is 4. The molecule has 2 rings (SSSR count). The SMILES string of the molecule is O=C(O)CCCc1nnc(-c2cc(F)ccc2F)o1. The lowest BCUT2D eigenvalue weighted by atomic mass is 10.2. The first-order valence-corrected chi connectivity index (χ1v) is 5.56. The highest BCUT2D eigenvalue weighted by Crippen LogP contribution is 2.22. The third-order valence-electron chi connectivity index (χ3n) is 2.41. The van der Waals surface area contributed by atoms with Crippen LogP contribution in [-0.4, -0.2) is 21.3 Å². The molecule has 2 aromatic rings. The lowest BCUT2D eigenvalue weighted by Crippen LogP contribution is -1.95. The molecule has 0 radical (unpaired) electrons. The summed E-state index contributed by atoms with van der Waals surface area (Å²) in [4.78, 5) is 10.3. The molecule has 0 saturated carbocycles. The van der Waals surface area contributed by atoms with Gasteiger partial charge in [0.1, 0.15) is 11.6 Å². The van der Waals surface area contributed by atoms with E-state index in [0.29, 0.717) is 6.42 Å². The monoisotopic (exact) mass is 268 g/mol. The lowest BCUT2D eigenvalue weighted by Gasteiger charge is -1.97. The number of aryl methyl sites for hydroxylation is 1. The van der Waals surface area contributed by atoms with Crippen molar-refractivity contribution in [3.05, 3.63) is 35.7 Å². The van der Waals surface area contributed by atoms with Gasteiger partial charge in [0.15, 0.2) is 0 Å². The molecular weight excluding hydrogens is 258 g/mol. The number of hydrogen-bond donors (Lipinski definition) is 1. The Labute approximate surface area is 106 Å². The van der Waals surface area contributed by atoms with Crippen LogP contribution in [0.2, 0.25) is 0 Å². The maximum atomic E-state index is 13.5. The van der Waals surface area contributed by atoms with Crippen molar-refractivity contribution < 1.29 is 23.1 Å². The summed E-state index contributed by atoms with van der Waals surface area (Å²) in [5.74, 6) is -2.12. The molecule has 0 unspecified atom stereocenters. The van der Waals surface area contributed by atoms with Gasteiger partial charge in [-0.2, -0.15) is 0 Å². The molecule has 19 heavy (non-hydrogen) atoms. The van der Waals surface area contributed by atoms with Crippen molar-refractivity contribution in [1.82, 2.24) is 10.2 Å². The molecule has 1 heterocycles. The van der Waals surface area contributed by atoms with Crippen LogP contribution in [-0.2, 0) is 11.2 Å². The molecule has 0 aliphatic carbocycles. The molecule has 0 spiro atoms. The standard InChI is InChI=1S/C12H10F2N2O3/c13-7-4-5-9(14)8(6-7)12-16-15-10(19-12)2-1-3-11(17)18/h4-6H,1-3H2,(H,17,18). The second-order valence-corrected chi connectivity index (χ2v) is 3.87. The van der Waals surface area contributed by atoms with Crippen LogP contribution in [0.3, 0.4) is 0 Å². The predicted molar refractivity (Wildman–Crippen MR) is 60.2 cm³/mol. The zero-order chi connectivity index (χ0) is 13.8. The van der Waals surface area contributed by atoms with Crippen LogP contribution in [0.15, 0.2) is 22.6 Å². The molecule has 0 fully saturated rings. The van der Waals surface area contributed by atoms with E-state index in [0.717, 1.165) is 18.2 Å². The predicted octanol–water partition coefficient (Wildman–Crippen LogP) is 2.42. The molecule has 0 amide bonds. The van der Waals surface area contributed by atoms with Crippen molar-refractivity contribution in [3.63, 3.8) is 0 Å². The largest absolute Gasteiger partial charge is 0.481 e. The van der Waals surface area contributed by atoms with E-state index in [2.05, 4.69) is 10.2 Å². The molecule has 7 heteroatoms. The lowest BCUT2D eigenvalue weighted by molar-refractivity contribution is -0.137. The Morgan fingerprint density at radius 3 is 2.84 bits per heavy atom. The molecule has 0 aliphatic rings. The van der Waals surface area contributed by atoms with Gasteiger partial charge in [0.05, 0.1) is 5.56 Å². The normalized spacial score (nSPS) is 10.6. The minimum atomic E-state index is -0.920. The molecule has 1 aromatic carbocycles. The summed E-state index contributed by atoms with van der Waals surface area (Å²) < 4.78 is 31.6. The van der Waals surface area contributed by atoms with E-state index in [1.165, 1.54) is 0 Å². The second-order valence-electron chi connectivity index (χ2n) is 3.87. The van der Waals surface area contributed by atoms with E-state index in [-0.39, 0.29) is 30.2 Å². The number of rotatable bonds is 5. The van der Waals surface area contributed by atoms with Crippen LogP contribution in [0, 0.1) is 11.6 Å². The van der Waals surface area contributed by atoms with Gasteiger partial charge in [-0.3, -0.25) is 4.79 Å². The number of benzene rings is 1. The summed E-state index contributed by atoms with van der Waals surface area (Å²) in [6.07, 6.45) is 0.588. The van der Waals surface area contributed by atoms with Gasteiger partial charge in [-0.05, 0) is 24.6 Å². The number of carboxylic acid groups (broad SMARTS) is 1. The quantitative estimate of drug-likeness (QED) is 0.901. The van der Waals surface area contributed by atoms with Gasteiger partial charge in [0.25, 0.3) is 5.89 Å². The number of carbonyl (C=O) groups is 1. The van der Waals surface area contributed by atoms with E-state index >= 15 is 0 Å². The first kappa shape index (κ1) is 13.1. The van der Waals surface area contributed by atoms with Gasteiger partial charge in [0.2, 0.25) is 5.89 Å². The molecule has 1 N–H and O–H groups in total. The Balaban J connectivity index is 2.12. The molecule has 100 valence electrons. The van der Waals surface area contributed by atoms with Crippen molar-refractivity contribution in [3.8, 4) is 11.5 Å². The first-order valence-electron chi connectivity index (χ1n) is 5.56. The summed E-state index contributed by atoms with van der Waals surface area (Å²) in [5.41, 5.74) is -0.114. The number of nitrogens with zero attached hydrogens (tertiary/aromatic N) is 2. The Hall–Kier alpha value is -2.31. The van der Waals surface area contributed by atoms with Crippen molar-refractivity contribution in [2.45, 2.75) is 19.3 Å². The maximum Gasteiger partial charge on any atom is 0.303 e. The van der Waals surface area contributed by atoms with Crippen molar-refractivity contribution >= 4 is 5.97 Å². The molecular formula is C12H10F2N2O3. The highest BCUT2D eigenvalue weighted by molar-refractivity contribution is 5.66. The van der Waals surface area contributed by atoms with Crippen LogP contribution in [0.25, 0.3) is 11.5 Å². The number of carboxylic acids is 1.